The van der Waals surface area contributed by atoms with E-state index in [-0.39, 0.29) is 28.9 Å². The number of aliphatic carboxylic acids is 1. The molecule has 107 valence electrons. The first-order valence-corrected chi connectivity index (χ1v) is 5.82. The van der Waals surface area contributed by atoms with E-state index in [9.17, 15) is 9.59 Å². The summed E-state index contributed by atoms with van der Waals surface area (Å²) in [4.78, 5) is 23.9. The first-order chi connectivity index (χ1) is 9.18. The second-order valence-corrected chi connectivity index (χ2v) is 3.99. The Hall–Kier alpha value is -1.88. The van der Waals surface area contributed by atoms with E-state index in [1.54, 1.807) is 4.90 Å². The van der Waals surface area contributed by atoms with Crippen LogP contribution in [0.5, 0.6) is 0 Å². The van der Waals surface area contributed by atoms with Gasteiger partial charge in [0.05, 0.1) is 6.54 Å². The van der Waals surface area contributed by atoms with Crippen LogP contribution in [-0.2, 0) is 32.0 Å². The van der Waals surface area contributed by atoms with Crippen molar-refractivity contribution in [3.05, 3.63) is 60.7 Å². The van der Waals surface area contributed by atoms with Gasteiger partial charge < -0.3 is 10.0 Å². The number of ketones is 1. The van der Waals surface area contributed by atoms with Gasteiger partial charge in [-0.15, -0.1) is 0 Å². The molecule has 0 spiro atoms. The summed E-state index contributed by atoms with van der Waals surface area (Å²) >= 11 is 0. The third-order valence-electron chi connectivity index (χ3n) is 2.68. The molecule has 1 radical (unpaired) electrons. The van der Waals surface area contributed by atoms with Gasteiger partial charge in [-0.3, -0.25) is 4.79 Å². The van der Waals surface area contributed by atoms with Crippen LogP contribution in [0.4, 0.5) is 11.4 Å². The number of carboxylic acid groups (broad SMARTS) is 1. The van der Waals surface area contributed by atoms with Crippen LogP contribution in [0.2, 0.25) is 0 Å². The summed E-state index contributed by atoms with van der Waals surface area (Å²) in [7, 11) is 0. The molecule has 5 heteroatoms. The Balaban J connectivity index is 0.00000200. The first-order valence-electron chi connectivity index (χ1n) is 5.82. The molecule has 0 saturated carbocycles. The molecule has 0 bridgehead atoms. The van der Waals surface area contributed by atoms with Gasteiger partial charge >= 0.3 is 5.97 Å². The number of carboxylic acids is 1. The summed E-state index contributed by atoms with van der Waals surface area (Å²) in [6.07, 6.45) is 0. The molecule has 20 heavy (non-hydrogen) atoms. The molecule has 0 unspecified atom stereocenters. The maximum atomic E-state index is 11.5. The average molecular weight is 363 g/mol. The van der Waals surface area contributed by atoms with E-state index >= 15 is 0 Å². The van der Waals surface area contributed by atoms with Gasteiger partial charge in [-0.05, 0) is 24.3 Å². The molecule has 2 aromatic rings. The second-order valence-electron chi connectivity index (χ2n) is 3.99. The van der Waals surface area contributed by atoms with Crippen LogP contribution in [0, 0.1) is 0 Å². The Kier molecular flexibility index (Phi) is 6.18. The minimum Gasteiger partial charge on any atom is -0.475 e. The van der Waals surface area contributed by atoms with E-state index in [1.807, 2.05) is 60.7 Å². The van der Waals surface area contributed by atoms with Crippen LogP contribution in [0.15, 0.2) is 60.7 Å². The Morgan fingerprint density at radius 1 is 0.850 bits per heavy atom. The monoisotopic (exact) mass is 362 g/mol. The molecule has 0 atom stereocenters. The van der Waals surface area contributed by atoms with Gasteiger partial charge in [0, 0.05) is 33.8 Å². The molecule has 0 aliphatic heterocycles. The van der Waals surface area contributed by atoms with E-state index < -0.39 is 11.8 Å². The maximum Gasteiger partial charge on any atom is 0.374 e. The molecule has 0 heterocycles. The number of rotatable bonds is 5. The quantitative estimate of drug-likeness (QED) is 0.655. The van der Waals surface area contributed by atoms with Crippen molar-refractivity contribution in [1.29, 1.82) is 0 Å². The van der Waals surface area contributed by atoms with Gasteiger partial charge in [0.1, 0.15) is 0 Å². The maximum absolute atomic E-state index is 11.5. The van der Waals surface area contributed by atoms with Crippen molar-refractivity contribution in [2.24, 2.45) is 0 Å². The Bertz CT molecular complexity index is 533. The van der Waals surface area contributed by atoms with Crippen LogP contribution in [0.1, 0.15) is 0 Å². The first kappa shape index (κ1) is 16.2. The summed E-state index contributed by atoms with van der Waals surface area (Å²) in [6, 6.07) is 18.5. The van der Waals surface area contributed by atoms with Gasteiger partial charge in [0.2, 0.25) is 0 Å². The van der Waals surface area contributed by atoms with Gasteiger partial charge in [-0.1, -0.05) is 36.4 Å². The largest absolute Gasteiger partial charge is 0.475 e. The normalized spacial score (nSPS) is 9.40. The zero-order chi connectivity index (χ0) is 13.7. The van der Waals surface area contributed by atoms with Gasteiger partial charge in [-0.25, -0.2) is 4.79 Å². The van der Waals surface area contributed by atoms with Crippen molar-refractivity contribution in [1.82, 2.24) is 0 Å². The fourth-order valence-electron chi connectivity index (χ4n) is 1.76. The number of Topliss-reactive ketones (excluding diaryl/α,β-unsaturated/α-hetero) is 1. The number of carbonyl (C=O) groups is 2. The fourth-order valence-corrected chi connectivity index (χ4v) is 1.76. The van der Waals surface area contributed by atoms with Crippen molar-refractivity contribution in [3.8, 4) is 0 Å². The van der Waals surface area contributed by atoms with Gasteiger partial charge in [-0.2, -0.15) is 0 Å². The minimum absolute atomic E-state index is 0. The summed E-state index contributed by atoms with van der Waals surface area (Å²) in [6.45, 7) is -0.191. The molecule has 0 aromatic heterocycles. The van der Waals surface area contributed by atoms with E-state index in [2.05, 4.69) is 0 Å². The molecule has 1 N–H and O–H groups in total. The topological polar surface area (TPSA) is 57.6 Å². The van der Waals surface area contributed by atoms with Gasteiger partial charge in [0.25, 0.3) is 5.78 Å². The standard InChI is InChI=1S/C15H13NO3.Ag/c17-14(15(18)19)11-16(12-7-3-1-4-8-12)13-9-5-2-6-10-13;/h1-10H,11H2,(H,18,19);. The number of hydrogen-bond donors (Lipinski definition) is 1. The van der Waals surface area contributed by atoms with Crippen LogP contribution < -0.4 is 4.90 Å². The molecule has 0 amide bonds. The predicted octanol–water partition coefficient (Wildman–Crippen LogP) is 2.48. The average Bonchev–Trinajstić information content (AvgIpc) is 2.46. The third-order valence-corrected chi connectivity index (χ3v) is 2.68. The Morgan fingerprint density at radius 3 is 1.60 bits per heavy atom. The number of para-hydroxylation sites is 2. The predicted molar refractivity (Wildman–Crippen MR) is 72.5 cm³/mol. The molecular formula is C15H13AgNO3. The van der Waals surface area contributed by atoms with Crippen molar-refractivity contribution in [2.45, 2.75) is 0 Å². The number of anilines is 2. The number of benzene rings is 2. The Morgan fingerprint density at radius 2 is 1.25 bits per heavy atom. The van der Waals surface area contributed by atoms with Crippen molar-refractivity contribution < 1.29 is 37.1 Å². The van der Waals surface area contributed by atoms with E-state index in [0.29, 0.717) is 0 Å². The van der Waals surface area contributed by atoms with E-state index in [4.69, 9.17) is 5.11 Å². The summed E-state index contributed by atoms with van der Waals surface area (Å²) in [5.74, 6) is -2.26. The van der Waals surface area contributed by atoms with Crippen molar-refractivity contribution in [2.75, 3.05) is 11.4 Å². The zero-order valence-corrected chi connectivity index (χ0v) is 12.0. The molecular weight excluding hydrogens is 350 g/mol. The van der Waals surface area contributed by atoms with Crippen molar-refractivity contribution >= 4 is 23.1 Å². The Labute approximate surface area is 132 Å². The van der Waals surface area contributed by atoms with Crippen molar-refractivity contribution in [3.63, 3.8) is 0 Å². The van der Waals surface area contributed by atoms with E-state index in [1.165, 1.54) is 0 Å². The smallest absolute Gasteiger partial charge is 0.374 e. The summed E-state index contributed by atoms with van der Waals surface area (Å²) < 4.78 is 0. The fraction of sp³-hybridized carbons (Fsp3) is 0.0667. The second kappa shape index (κ2) is 7.65. The molecule has 0 aliphatic carbocycles. The van der Waals surface area contributed by atoms with E-state index in [0.717, 1.165) is 11.4 Å². The van der Waals surface area contributed by atoms with Crippen LogP contribution >= 0.6 is 0 Å². The SMILES string of the molecule is O=C(O)C(=O)CN(c1ccccc1)c1ccccc1.[Ag]. The number of nitrogens with zero attached hydrogens (tertiary/aromatic N) is 1. The van der Waals surface area contributed by atoms with Crippen LogP contribution in [-0.4, -0.2) is 23.4 Å². The summed E-state index contributed by atoms with van der Waals surface area (Å²) in [5, 5.41) is 8.75. The van der Waals surface area contributed by atoms with Gasteiger partial charge in [0.15, 0.2) is 0 Å². The zero-order valence-electron chi connectivity index (χ0n) is 10.5. The molecule has 0 fully saturated rings. The molecule has 2 aromatic carbocycles. The molecule has 0 aliphatic rings. The molecule has 4 nitrogen and oxygen atoms in total. The van der Waals surface area contributed by atoms with Crippen LogP contribution in [0.3, 0.4) is 0 Å². The molecule has 2 rings (SSSR count). The number of hydrogen-bond acceptors (Lipinski definition) is 3. The number of carbonyl (C=O) groups excluding carboxylic acids is 1. The minimum atomic E-state index is -1.42. The summed E-state index contributed by atoms with van der Waals surface area (Å²) in [5.41, 5.74) is 1.56. The molecule has 0 saturated heterocycles. The van der Waals surface area contributed by atoms with Crippen LogP contribution in [0.25, 0.3) is 0 Å². The third kappa shape index (κ3) is 4.06.